The lowest BCUT2D eigenvalue weighted by molar-refractivity contribution is 0.151. The van der Waals surface area contributed by atoms with Crippen LogP contribution >= 0.6 is 0 Å². The molecule has 0 amide bonds. The first-order valence-electron chi connectivity index (χ1n) is 7.38. The van der Waals surface area contributed by atoms with Gasteiger partial charge in [0.05, 0.1) is 17.1 Å². The Bertz CT molecular complexity index is 518. The van der Waals surface area contributed by atoms with E-state index in [4.69, 9.17) is 4.98 Å². The first-order chi connectivity index (χ1) is 9.26. The summed E-state index contributed by atoms with van der Waals surface area (Å²) < 4.78 is 2.28. The molecule has 0 aliphatic heterocycles. The van der Waals surface area contributed by atoms with Crippen molar-refractivity contribution in [3.8, 4) is 0 Å². The predicted octanol–water partition coefficient (Wildman–Crippen LogP) is 3.54. The van der Waals surface area contributed by atoms with Crippen LogP contribution in [0.3, 0.4) is 0 Å². The molecular formula is C16H24N2O. The van der Waals surface area contributed by atoms with Crippen molar-refractivity contribution in [1.29, 1.82) is 0 Å². The minimum atomic E-state index is -0.149. The average Bonchev–Trinajstić information content (AvgIpc) is 2.76. The quantitative estimate of drug-likeness (QED) is 0.827. The summed E-state index contributed by atoms with van der Waals surface area (Å²) in [6, 6.07) is 8.28. The van der Waals surface area contributed by atoms with E-state index in [0.717, 1.165) is 50.0 Å². The number of aryl methyl sites for hydroxylation is 2. The number of rotatable bonds is 7. The Morgan fingerprint density at radius 2 is 2.00 bits per heavy atom. The zero-order chi connectivity index (χ0) is 13.7. The third-order valence-electron chi connectivity index (χ3n) is 3.61. The molecule has 19 heavy (non-hydrogen) atoms. The molecule has 0 radical (unpaired) electrons. The Hall–Kier alpha value is -1.35. The Morgan fingerprint density at radius 1 is 1.21 bits per heavy atom. The molecule has 1 N–H and O–H groups in total. The monoisotopic (exact) mass is 260 g/mol. The Labute approximate surface area is 115 Å². The van der Waals surface area contributed by atoms with Gasteiger partial charge in [-0.25, -0.2) is 4.98 Å². The Balaban J connectivity index is 2.04. The summed E-state index contributed by atoms with van der Waals surface area (Å²) in [5, 5.41) is 9.77. The van der Waals surface area contributed by atoms with Gasteiger partial charge in [0, 0.05) is 13.0 Å². The van der Waals surface area contributed by atoms with Crippen LogP contribution in [0.1, 0.15) is 45.4 Å². The van der Waals surface area contributed by atoms with Gasteiger partial charge in [0.2, 0.25) is 0 Å². The van der Waals surface area contributed by atoms with Gasteiger partial charge in [0.1, 0.15) is 5.82 Å². The van der Waals surface area contributed by atoms with E-state index in [1.54, 1.807) is 0 Å². The molecule has 0 saturated carbocycles. The predicted molar refractivity (Wildman–Crippen MR) is 79.3 cm³/mol. The molecule has 3 nitrogen and oxygen atoms in total. The lowest BCUT2D eigenvalue weighted by Gasteiger charge is -2.09. The van der Waals surface area contributed by atoms with E-state index in [1.807, 2.05) is 6.07 Å². The molecule has 0 saturated heterocycles. The van der Waals surface area contributed by atoms with Crippen LogP contribution in [0.15, 0.2) is 24.3 Å². The molecule has 0 spiro atoms. The fraction of sp³-hybridized carbons (Fsp3) is 0.562. The van der Waals surface area contributed by atoms with Crippen LogP contribution in [-0.2, 0) is 13.0 Å². The number of para-hydroxylation sites is 2. The van der Waals surface area contributed by atoms with Gasteiger partial charge in [-0.05, 0) is 38.3 Å². The van der Waals surface area contributed by atoms with Crippen LogP contribution in [0.5, 0.6) is 0 Å². The van der Waals surface area contributed by atoms with E-state index in [2.05, 4.69) is 36.6 Å². The Morgan fingerprint density at radius 3 is 2.74 bits per heavy atom. The minimum absolute atomic E-state index is 0.149. The van der Waals surface area contributed by atoms with Crippen molar-refractivity contribution in [2.45, 2.75) is 58.6 Å². The van der Waals surface area contributed by atoms with Crippen LogP contribution in [-0.4, -0.2) is 20.8 Å². The minimum Gasteiger partial charge on any atom is -0.393 e. The van der Waals surface area contributed by atoms with Gasteiger partial charge >= 0.3 is 0 Å². The molecule has 0 bridgehead atoms. The van der Waals surface area contributed by atoms with Crippen molar-refractivity contribution in [2.24, 2.45) is 0 Å². The summed E-state index contributed by atoms with van der Waals surface area (Å²) in [5.41, 5.74) is 2.29. The molecule has 1 atom stereocenters. The SMILES string of the molecule is CCCC(O)CCCc1nc2ccccc2n1CC. The highest BCUT2D eigenvalue weighted by molar-refractivity contribution is 5.75. The van der Waals surface area contributed by atoms with E-state index in [-0.39, 0.29) is 6.10 Å². The summed E-state index contributed by atoms with van der Waals surface area (Å²) in [7, 11) is 0. The molecule has 0 fully saturated rings. The van der Waals surface area contributed by atoms with Crippen molar-refractivity contribution in [1.82, 2.24) is 9.55 Å². The number of fused-ring (bicyclic) bond motifs is 1. The number of hydrogen-bond donors (Lipinski definition) is 1. The van der Waals surface area contributed by atoms with Gasteiger partial charge in [-0.1, -0.05) is 25.5 Å². The number of benzene rings is 1. The maximum absolute atomic E-state index is 9.77. The molecule has 1 unspecified atom stereocenters. The summed E-state index contributed by atoms with van der Waals surface area (Å²) >= 11 is 0. The third kappa shape index (κ3) is 3.35. The van der Waals surface area contributed by atoms with E-state index in [1.165, 1.54) is 5.52 Å². The molecule has 1 aromatic heterocycles. The van der Waals surface area contributed by atoms with Crippen LogP contribution in [0.25, 0.3) is 11.0 Å². The van der Waals surface area contributed by atoms with Crippen LogP contribution < -0.4 is 0 Å². The number of nitrogens with zero attached hydrogens (tertiary/aromatic N) is 2. The second-order valence-corrected chi connectivity index (χ2v) is 5.10. The smallest absolute Gasteiger partial charge is 0.109 e. The van der Waals surface area contributed by atoms with Crippen molar-refractivity contribution < 1.29 is 5.11 Å². The number of aliphatic hydroxyl groups excluding tert-OH is 1. The fourth-order valence-corrected chi connectivity index (χ4v) is 2.64. The van der Waals surface area contributed by atoms with E-state index >= 15 is 0 Å². The molecular weight excluding hydrogens is 236 g/mol. The van der Waals surface area contributed by atoms with Crippen molar-refractivity contribution in [2.75, 3.05) is 0 Å². The summed E-state index contributed by atoms with van der Waals surface area (Å²) in [5.74, 6) is 1.15. The summed E-state index contributed by atoms with van der Waals surface area (Å²) in [6.07, 6.45) is 4.64. The standard InChI is InChI=1S/C16H24N2O/c1-3-8-13(19)9-7-12-16-17-14-10-5-6-11-15(14)18(16)4-2/h5-6,10-11,13,19H,3-4,7-9,12H2,1-2H3. The van der Waals surface area contributed by atoms with Crippen LogP contribution in [0, 0.1) is 0 Å². The first kappa shape index (κ1) is 14.1. The lowest BCUT2D eigenvalue weighted by Crippen LogP contribution is -2.08. The van der Waals surface area contributed by atoms with Gasteiger partial charge in [-0.2, -0.15) is 0 Å². The van der Waals surface area contributed by atoms with Crippen LogP contribution in [0.4, 0.5) is 0 Å². The van der Waals surface area contributed by atoms with Crippen molar-refractivity contribution >= 4 is 11.0 Å². The number of aliphatic hydroxyl groups is 1. The molecule has 2 rings (SSSR count). The van der Waals surface area contributed by atoms with Crippen molar-refractivity contribution in [3.63, 3.8) is 0 Å². The van der Waals surface area contributed by atoms with E-state index < -0.39 is 0 Å². The number of aromatic nitrogens is 2. The zero-order valence-electron chi connectivity index (χ0n) is 12.0. The van der Waals surface area contributed by atoms with Gasteiger partial charge in [-0.15, -0.1) is 0 Å². The van der Waals surface area contributed by atoms with Gasteiger partial charge < -0.3 is 9.67 Å². The normalized spacial score (nSPS) is 13.0. The topological polar surface area (TPSA) is 38.1 Å². The summed E-state index contributed by atoms with van der Waals surface area (Å²) in [6.45, 7) is 5.22. The molecule has 3 heteroatoms. The highest BCUT2D eigenvalue weighted by atomic mass is 16.3. The molecule has 1 heterocycles. The second kappa shape index (κ2) is 6.71. The third-order valence-corrected chi connectivity index (χ3v) is 3.61. The Kier molecular flexibility index (Phi) is 4.97. The highest BCUT2D eigenvalue weighted by Crippen LogP contribution is 2.18. The van der Waals surface area contributed by atoms with Gasteiger partial charge in [0.15, 0.2) is 0 Å². The van der Waals surface area contributed by atoms with E-state index in [9.17, 15) is 5.11 Å². The van der Waals surface area contributed by atoms with Gasteiger partial charge in [-0.3, -0.25) is 0 Å². The number of hydrogen-bond acceptors (Lipinski definition) is 2. The first-order valence-corrected chi connectivity index (χ1v) is 7.38. The average molecular weight is 260 g/mol. The summed E-state index contributed by atoms with van der Waals surface area (Å²) in [4.78, 5) is 4.71. The number of imidazole rings is 1. The van der Waals surface area contributed by atoms with Crippen molar-refractivity contribution in [3.05, 3.63) is 30.1 Å². The molecule has 2 aromatic rings. The fourth-order valence-electron chi connectivity index (χ4n) is 2.64. The highest BCUT2D eigenvalue weighted by Gasteiger charge is 2.09. The van der Waals surface area contributed by atoms with Crippen LogP contribution in [0.2, 0.25) is 0 Å². The maximum Gasteiger partial charge on any atom is 0.109 e. The lowest BCUT2D eigenvalue weighted by atomic mass is 10.1. The largest absolute Gasteiger partial charge is 0.393 e. The maximum atomic E-state index is 9.77. The molecule has 1 aromatic carbocycles. The second-order valence-electron chi connectivity index (χ2n) is 5.10. The van der Waals surface area contributed by atoms with Gasteiger partial charge in [0.25, 0.3) is 0 Å². The molecule has 104 valence electrons. The molecule has 0 aliphatic carbocycles. The van der Waals surface area contributed by atoms with E-state index in [0.29, 0.717) is 0 Å². The zero-order valence-corrected chi connectivity index (χ0v) is 12.0. The molecule has 0 aliphatic rings.